The Labute approximate surface area is 90.4 Å². The van der Waals surface area contributed by atoms with Crippen LogP contribution in [0.1, 0.15) is 6.92 Å². The second-order valence-corrected chi connectivity index (χ2v) is 2.76. The third-order valence-electron chi connectivity index (χ3n) is 0.418. The molecule has 0 aliphatic carbocycles. The van der Waals surface area contributed by atoms with Crippen molar-refractivity contribution in [3.05, 3.63) is 0 Å². The molecule has 8 heavy (non-hydrogen) atoms. The predicted molar refractivity (Wildman–Crippen MR) is 21.4 cm³/mol. The van der Waals surface area contributed by atoms with E-state index in [1.54, 1.807) is 0 Å². The number of aliphatic hydroxyl groups is 1. The van der Waals surface area contributed by atoms with Gasteiger partial charge in [0.15, 0.2) is 0 Å². The van der Waals surface area contributed by atoms with Crippen LogP contribution in [0.2, 0.25) is 0 Å². The van der Waals surface area contributed by atoms with Crippen molar-refractivity contribution >= 4 is 10.1 Å². The summed E-state index contributed by atoms with van der Waals surface area (Å²) in [5, 5.41) is 7.99. The van der Waals surface area contributed by atoms with Crippen LogP contribution in [0, 0.1) is 0 Å². The zero-order valence-electron chi connectivity index (χ0n) is 4.66. The summed E-state index contributed by atoms with van der Waals surface area (Å²) in [6.45, 7) is 0.905. The second-order valence-electron chi connectivity index (χ2n) is 1.09. The first-order valence-corrected chi connectivity index (χ1v) is 3.04. The summed E-state index contributed by atoms with van der Waals surface area (Å²) in [4.78, 5) is 0. The maximum atomic E-state index is 9.53. The Balaban J connectivity index is 0. The summed E-state index contributed by atoms with van der Waals surface area (Å²) in [6.07, 6.45) is 0. The van der Waals surface area contributed by atoms with Gasteiger partial charge < -0.3 is 9.66 Å². The molecule has 1 N–H and O–H groups in total. The molecule has 44 valence electrons. The van der Waals surface area contributed by atoms with Crippen molar-refractivity contribution in [3.63, 3.8) is 0 Å². The molecule has 0 aromatic heterocycles. The van der Waals surface area contributed by atoms with Gasteiger partial charge in [0.1, 0.15) is 15.6 Å². The standard InChI is InChI=1S/C2H6O4S.K/c1-2(3)7(4,5)6;/h2-3H,1H3,(H,4,5,6);/q;+1/p-1. The van der Waals surface area contributed by atoms with E-state index >= 15 is 0 Å². The Bertz CT molecular complexity index is 136. The molecule has 0 aromatic rings. The van der Waals surface area contributed by atoms with Crippen molar-refractivity contribution in [3.8, 4) is 0 Å². The molecule has 0 fully saturated rings. The van der Waals surface area contributed by atoms with Crippen LogP contribution in [0.25, 0.3) is 0 Å². The molecule has 0 amide bonds. The van der Waals surface area contributed by atoms with Gasteiger partial charge in [0, 0.05) is 0 Å². The van der Waals surface area contributed by atoms with Crippen LogP contribution >= 0.6 is 0 Å². The van der Waals surface area contributed by atoms with E-state index in [9.17, 15) is 13.0 Å². The first kappa shape index (κ1) is 12.2. The zero-order chi connectivity index (χ0) is 6.08. The van der Waals surface area contributed by atoms with Gasteiger partial charge in [-0.2, -0.15) is 0 Å². The minimum absolute atomic E-state index is 0. The summed E-state index contributed by atoms with van der Waals surface area (Å²) in [5.41, 5.74) is -1.78. The fraction of sp³-hybridized carbons (Fsp3) is 1.00. The average molecular weight is 164 g/mol. The third kappa shape index (κ3) is 5.64. The van der Waals surface area contributed by atoms with Crippen LogP contribution in [0.5, 0.6) is 0 Å². The van der Waals surface area contributed by atoms with Gasteiger partial charge in [-0.25, -0.2) is 8.42 Å². The van der Waals surface area contributed by atoms with Crippen LogP contribution < -0.4 is 51.4 Å². The summed E-state index contributed by atoms with van der Waals surface area (Å²) in [5.74, 6) is 0. The Kier molecular flexibility index (Phi) is 6.63. The van der Waals surface area contributed by atoms with Crippen molar-refractivity contribution in [2.45, 2.75) is 12.4 Å². The van der Waals surface area contributed by atoms with E-state index in [0.717, 1.165) is 6.92 Å². The maximum absolute atomic E-state index is 9.53. The molecular weight excluding hydrogens is 159 g/mol. The van der Waals surface area contributed by atoms with E-state index in [-0.39, 0.29) is 51.4 Å². The topological polar surface area (TPSA) is 77.4 Å². The van der Waals surface area contributed by atoms with Crippen LogP contribution in [0.15, 0.2) is 0 Å². The quantitative estimate of drug-likeness (QED) is 0.315. The van der Waals surface area contributed by atoms with Crippen molar-refractivity contribution < 1.29 is 69.5 Å². The molecule has 0 rings (SSSR count). The van der Waals surface area contributed by atoms with Crippen molar-refractivity contribution in [1.82, 2.24) is 0 Å². The Morgan fingerprint density at radius 3 is 1.75 bits per heavy atom. The predicted octanol–water partition coefficient (Wildman–Crippen LogP) is -4.13. The van der Waals surface area contributed by atoms with Gasteiger partial charge in [-0.15, -0.1) is 0 Å². The van der Waals surface area contributed by atoms with Crippen LogP contribution in [0.3, 0.4) is 0 Å². The Morgan fingerprint density at radius 1 is 1.62 bits per heavy atom. The van der Waals surface area contributed by atoms with Gasteiger partial charge in [0.2, 0.25) is 0 Å². The molecular formula is C2H5KO4S. The normalized spacial score (nSPS) is 14.4. The largest absolute Gasteiger partial charge is 1.00 e. The van der Waals surface area contributed by atoms with Gasteiger partial charge in [0.05, 0.1) is 0 Å². The van der Waals surface area contributed by atoms with Gasteiger partial charge in [-0.05, 0) is 6.92 Å². The number of rotatable bonds is 1. The molecule has 1 atom stereocenters. The fourth-order valence-corrected chi connectivity index (χ4v) is 0. The van der Waals surface area contributed by atoms with Crippen molar-refractivity contribution in [2.75, 3.05) is 0 Å². The zero-order valence-corrected chi connectivity index (χ0v) is 8.60. The number of aliphatic hydroxyl groups excluding tert-OH is 1. The minimum atomic E-state index is -4.44. The summed E-state index contributed by atoms with van der Waals surface area (Å²) in [6, 6.07) is 0. The van der Waals surface area contributed by atoms with E-state index in [1.807, 2.05) is 0 Å². The molecule has 0 radical (unpaired) electrons. The molecule has 1 unspecified atom stereocenters. The van der Waals surface area contributed by atoms with Crippen molar-refractivity contribution in [1.29, 1.82) is 0 Å². The first-order chi connectivity index (χ1) is 2.94. The molecule has 0 aromatic carbocycles. The molecule has 0 aliphatic heterocycles. The molecule has 0 heterocycles. The number of hydrogen-bond acceptors (Lipinski definition) is 4. The average Bonchev–Trinajstić information content (AvgIpc) is 1.31. The minimum Gasteiger partial charge on any atom is -0.746 e. The molecule has 4 nitrogen and oxygen atoms in total. The van der Waals surface area contributed by atoms with Gasteiger partial charge in [0.25, 0.3) is 0 Å². The van der Waals surface area contributed by atoms with E-state index in [2.05, 4.69) is 0 Å². The van der Waals surface area contributed by atoms with Crippen LogP contribution in [0.4, 0.5) is 0 Å². The summed E-state index contributed by atoms with van der Waals surface area (Å²) in [7, 11) is -4.44. The molecule has 0 saturated carbocycles. The summed E-state index contributed by atoms with van der Waals surface area (Å²) >= 11 is 0. The second kappa shape index (κ2) is 4.34. The first-order valence-electron chi connectivity index (χ1n) is 1.57. The van der Waals surface area contributed by atoms with E-state index in [4.69, 9.17) is 5.11 Å². The molecule has 0 bridgehead atoms. The maximum Gasteiger partial charge on any atom is 1.00 e. The Hall–Kier alpha value is 1.51. The summed E-state index contributed by atoms with van der Waals surface area (Å²) < 4.78 is 28.6. The smallest absolute Gasteiger partial charge is 0.746 e. The van der Waals surface area contributed by atoms with E-state index in [1.165, 1.54) is 0 Å². The molecule has 0 saturated heterocycles. The molecule has 0 spiro atoms. The fourth-order valence-electron chi connectivity index (χ4n) is 0. The van der Waals surface area contributed by atoms with E-state index < -0.39 is 15.6 Å². The van der Waals surface area contributed by atoms with E-state index in [0.29, 0.717) is 0 Å². The third-order valence-corrected chi connectivity index (χ3v) is 1.25. The van der Waals surface area contributed by atoms with Crippen LogP contribution in [-0.4, -0.2) is 23.5 Å². The van der Waals surface area contributed by atoms with Gasteiger partial charge in [-0.1, -0.05) is 0 Å². The van der Waals surface area contributed by atoms with Gasteiger partial charge in [-0.3, -0.25) is 0 Å². The number of hydrogen-bond donors (Lipinski definition) is 1. The SMILES string of the molecule is CC(O)S(=O)(=O)[O-].[K+]. The molecule has 0 aliphatic rings. The molecule has 6 heteroatoms. The van der Waals surface area contributed by atoms with Crippen molar-refractivity contribution in [2.24, 2.45) is 0 Å². The Morgan fingerprint density at radius 2 is 1.75 bits per heavy atom. The van der Waals surface area contributed by atoms with Crippen LogP contribution in [-0.2, 0) is 10.1 Å². The monoisotopic (exact) mass is 164 g/mol. The van der Waals surface area contributed by atoms with Gasteiger partial charge >= 0.3 is 51.4 Å².